The van der Waals surface area contributed by atoms with Crippen LogP contribution >= 0.6 is 0 Å². The molecule has 1 fully saturated rings. The van der Waals surface area contributed by atoms with Crippen molar-refractivity contribution in [2.24, 2.45) is 0 Å². The van der Waals surface area contributed by atoms with E-state index in [1.165, 1.54) is 43.3 Å². The number of urea groups is 1. The number of anilines is 2. The van der Waals surface area contributed by atoms with Crippen molar-refractivity contribution in [2.75, 3.05) is 17.2 Å². The largest absolute Gasteiger partial charge is 0.353 e. The third-order valence-corrected chi connectivity index (χ3v) is 7.27. The number of nitrogens with one attached hydrogen (secondary N) is 2. The molecule has 9 heteroatoms. The highest BCUT2D eigenvalue weighted by Crippen LogP contribution is 2.32. The summed E-state index contributed by atoms with van der Waals surface area (Å²) >= 11 is 0. The number of carbonyl (C=O) groups excluding carboxylic acids is 1. The highest BCUT2D eigenvalue weighted by molar-refractivity contribution is 5.99. The molecule has 2 aromatic rings. The van der Waals surface area contributed by atoms with Gasteiger partial charge in [0.1, 0.15) is 0 Å². The Kier molecular flexibility index (Phi) is 13.2. The van der Waals surface area contributed by atoms with Gasteiger partial charge in [-0.05, 0) is 53.9 Å². The molecule has 218 valence electrons. The van der Waals surface area contributed by atoms with Crippen molar-refractivity contribution in [1.29, 1.82) is 0 Å². The summed E-state index contributed by atoms with van der Waals surface area (Å²) in [5, 5.41) is 18.5. The number of hydrogen-bond acceptors (Lipinski definition) is 6. The number of hydrogen-bond donors (Lipinski definition) is 2. The summed E-state index contributed by atoms with van der Waals surface area (Å²) in [7, 11) is 0. The predicted molar refractivity (Wildman–Crippen MR) is 156 cm³/mol. The Hall–Kier alpha value is -2.52. The number of benzene rings is 1. The third-order valence-electron chi connectivity index (χ3n) is 7.27. The van der Waals surface area contributed by atoms with Crippen LogP contribution in [0.2, 0.25) is 0 Å². The summed E-state index contributed by atoms with van der Waals surface area (Å²) < 4.78 is 12.2. The number of carbonyl (C=O) groups is 1. The van der Waals surface area contributed by atoms with Gasteiger partial charge in [0.25, 0.3) is 5.95 Å². The molecule has 3 rings (SSSR count). The Bertz CT molecular complexity index is 961. The summed E-state index contributed by atoms with van der Waals surface area (Å²) in [6.07, 6.45) is 12.6. The number of amides is 2. The summed E-state index contributed by atoms with van der Waals surface area (Å²) in [6.45, 7) is 12.0. The molecule has 2 heterocycles. The third kappa shape index (κ3) is 10.5. The molecule has 1 aliphatic heterocycles. The van der Waals surface area contributed by atoms with Gasteiger partial charge in [0.15, 0.2) is 6.29 Å². The van der Waals surface area contributed by atoms with Crippen LogP contribution in [0.5, 0.6) is 0 Å². The topological polar surface area (TPSA) is 103 Å². The first-order valence-corrected chi connectivity index (χ1v) is 15.1. The van der Waals surface area contributed by atoms with Crippen LogP contribution in [0, 0.1) is 0 Å². The molecule has 2 amide bonds. The predicted octanol–water partition coefficient (Wildman–Crippen LogP) is 7.62. The van der Waals surface area contributed by atoms with Gasteiger partial charge in [-0.25, -0.2) is 4.79 Å². The quantitative estimate of drug-likeness (QED) is 0.212. The smallest absolute Gasteiger partial charge is 0.326 e. The van der Waals surface area contributed by atoms with Gasteiger partial charge in [-0.1, -0.05) is 103 Å². The first-order valence-electron chi connectivity index (χ1n) is 15.1. The second-order valence-electron chi connectivity index (χ2n) is 11.3. The molecule has 0 radical (unpaired) electrons. The first kappa shape index (κ1) is 31.0. The van der Waals surface area contributed by atoms with E-state index in [9.17, 15) is 4.79 Å². The molecule has 0 spiro atoms. The summed E-state index contributed by atoms with van der Waals surface area (Å²) in [4.78, 5) is 14.4. The molecule has 2 unspecified atom stereocenters. The minimum absolute atomic E-state index is 0.0638. The van der Waals surface area contributed by atoms with Crippen LogP contribution in [0.1, 0.15) is 128 Å². The molecule has 9 nitrogen and oxygen atoms in total. The molecule has 1 saturated heterocycles. The lowest BCUT2D eigenvalue weighted by molar-refractivity contribution is -0.192. The van der Waals surface area contributed by atoms with Crippen LogP contribution in [0.4, 0.5) is 16.4 Å². The average Bonchev–Trinajstić information content (AvgIpc) is 3.34. The maximum Gasteiger partial charge on any atom is 0.326 e. The summed E-state index contributed by atoms with van der Waals surface area (Å²) in [5.41, 5.74) is 3.05. The van der Waals surface area contributed by atoms with Gasteiger partial charge < -0.3 is 14.8 Å². The van der Waals surface area contributed by atoms with Crippen LogP contribution < -0.4 is 10.6 Å². The second-order valence-corrected chi connectivity index (χ2v) is 11.3. The standard InChI is InChI=1S/C30H50N6O3/c1-6-7-8-9-10-11-12-16-24(39-27-19-13-14-20-38-27)21-36-34-29(33-35-36)32-30(37)31-28-25(22(2)3)17-15-18-26(28)23(4)5/h15,17-18,22-24,27H,6-14,16,19-21H2,1-5H3,(H2,31,32,34,37). The number of para-hydroxylation sites is 1. The molecule has 2 N–H and O–H groups in total. The minimum atomic E-state index is -0.379. The summed E-state index contributed by atoms with van der Waals surface area (Å²) in [5.74, 6) is 0.725. The lowest BCUT2D eigenvalue weighted by atomic mass is 9.93. The Morgan fingerprint density at radius 2 is 1.72 bits per heavy atom. The van der Waals surface area contributed by atoms with Crippen LogP contribution in [-0.4, -0.2) is 45.2 Å². The molecule has 0 aliphatic carbocycles. The number of nitrogens with zero attached hydrogens (tertiary/aromatic N) is 4. The summed E-state index contributed by atoms with van der Waals surface area (Å²) in [6, 6.07) is 5.78. The van der Waals surface area contributed by atoms with Crippen molar-refractivity contribution in [2.45, 2.75) is 136 Å². The normalized spacial score (nSPS) is 16.5. The van der Waals surface area contributed by atoms with E-state index in [-0.39, 0.29) is 36.2 Å². The lowest BCUT2D eigenvalue weighted by Gasteiger charge is -2.27. The Morgan fingerprint density at radius 3 is 2.36 bits per heavy atom. The van der Waals surface area contributed by atoms with Crippen molar-refractivity contribution in [1.82, 2.24) is 20.2 Å². The van der Waals surface area contributed by atoms with E-state index in [1.54, 1.807) is 0 Å². The Morgan fingerprint density at radius 1 is 1.03 bits per heavy atom. The molecule has 1 aromatic heterocycles. The lowest BCUT2D eigenvalue weighted by Crippen LogP contribution is -2.31. The van der Waals surface area contributed by atoms with Crippen LogP contribution in [0.3, 0.4) is 0 Å². The fourth-order valence-corrected chi connectivity index (χ4v) is 5.06. The van der Waals surface area contributed by atoms with E-state index in [4.69, 9.17) is 9.47 Å². The molecule has 0 saturated carbocycles. The fourth-order valence-electron chi connectivity index (χ4n) is 5.06. The maximum atomic E-state index is 12.9. The van der Waals surface area contributed by atoms with Gasteiger partial charge in [0.2, 0.25) is 0 Å². The number of tetrazole rings is 1. The zero-order valence-electron chi connectivity index (χ0n) is 24.7. The SMILES string of the molecule is CCCCCCCCCC(Cn1nnc(NC(=O)Nc2c(C(C)C)cccc2C(C)C)n1)OC1CCCCO1. The van der Waals surface area contributed by atoms with Gasteiger partial charge in [0, 0.05) is 12.3 Å². The number of ether oxygens (including phenoxy) is 2. The molecule has 39 heavy (non-hydrogen) atoms. The van der Waals surface area contributed by atoms with Gasteiger partial charge in [-0.2, -0.15) is 4.80 Å². The van der Waals surface area contributed by atoms with Crippen molar-refractivity contribution in [3.63, 3.8) is 0 Å². The zero-order chi connectivity index (χ0) is 28.0. The monoisotopic (exact) mass is 542 g/mol. The Labute approximate surface area is 234 Å². The number of aromatic nitrogens is 4. The van der Waals surface area contributed by atoms with Crippen molar-refractivity contribution in [3.8, 4) is 0 Å². The van der Waals surface area contributed by atoms with E-state index in [1.807, 2.05) is 6.07 Å². The zero-order valence-corrected chi connectivity index (χ0v) is 24.7. The van der Waals surface area contributed by atoms with Gasteiger partial charge in [-0.3, -0.25) is 5.32 Å². The van der Waals surface area contributed by atoms with E-state index in [0.717, 1.165) is 55.5 Å². The number of rotatable bonds is 16. The maximum absolute atomic E-state index is 12.9. The minimum Gasteiger partial charge on any atom is -0.353 e. The highest BCUT2D eigenvalue weighted by atomic mass is 16.7. The number of unbranched alkanes of at least 4 members (excludes halogenated alkanes) is 6. The van der Waals surface area contributed by atoms with Crippen molar-refractivity contribution in [3.05, 3.63) is 29.3 Å². The average molecular weight is 543 g/mol. The van der Waals surface area contributed by atoms with Crippen LogP contribution in [0.25, 0.3) is 0 Å². The highest BCUT2D eigenvalue weighted by Gasteiger charge is 2.22. The molecule has 1 aliphatic rings. The molecule has 2 atom stereocenters. The second kappa shape index (κ2) is 16.6. The van der Waals surface area contributed by atoms with Crippen LogP contribution in [-0.2, 0) is 16.0 Å². The first-order chi connectivity index (χ1) is 18.9. The van der Waals surface area contributed by atoms with Crippen LogP contribution in [0.15, 0.2) is 18.2 Å². The van der Waals surface area contributed by atoms with E-state index in [0.29, 0.717) is 6.54 Å². The van der Waals surface area contributed by atoms with Gasteiger partial charge in [0.05, 0.1) is 12.6 Å². The van der Waals surface area contributed by atoms with Gasteiger partial charge in [-0.15, -0.1) is 5.10 Å². The van der Waals surface area contributed by atoms with E-state index >= 15 is 0 Å². The van der Waals surface area contributed by atoms with Gasteiger partial charge >= 0.3 is 6.03 Å². The molecule has 1 aromatic carbocycles. The molecular weight excluding hydrogens is 492 g/mol. The fraction of sp³-hybridized carbons (Fsp3) is 0.733. The molecule has 0 bridgehead atoms. The van der Waals surface area contributed by atoms with Crippen molar-refractivity contribution >= 4 is 17.7 Å². The van der Waals surface area contributed by atoms with Crippen molar-refractivity contribution < 1.29 is 14.3 Å². The molecular formula is C30H50N6O3. The van der Waals surface area contributed by atoms with E-state index < -0.39 is 0 Å². The Balaban J connectivity index is 1.57. The van der Waals surface area contributed by atoms with E-state index in [2.05, 4.69) is 72.8 Å².